The maximum Gasteiger partial charge on any atom is 0.328 e. The monoisotopic (exact) mass is 332 g/mol. The molecule has 136 valence electrons. The average molecular weight is 332 g/mol. The van der Waals surface area contributed by atoms with Crippen LogP contribution in [0.5, 0.6) is 0 Å². The number of hydrogen-bond donors (Lipinski definition) is 1. The molecule has 1 aliphatic rings. The smallest absolute Gasteiger partial charge is 0.328 e. The summed E-state index contributed by atoms with van der Waals surface area (Å²) in [5.74, 6) is 1.21. The highest BCUT2D eigenvalue weighted by Gasteiger charge is 2.42. The van der Waals surface area contributed by atoms with Gasteiger partial charge in [0, 0.05) is 12.2 Å². The molecule has 0 amide bonds. The SMILES string of the molecule is CC.CCC1N(C)B(C)N(C(C)C)B(C)Nc2cccn2C1(C)C. The van der Waals surface area contributed by atoms with Crippen molar-refractivity contribution in [1.82, 2.24) is 14.1 Å². The van der Waals surface area contributed by atoms with Crippen LogP contribution < -0.4 is 5.23 Å². The molecule has 1 unspecified atom stereocenters. The van der Waals surface area contributed by atoms with Gasteiger partial charge < -0.3 is 19.3 Å². The first kappa shape index (κ1) is 21.2. The van der Waals surface area contributed by atoms with E-state index in [2.05, 4.69) is 93.0 Å². The largest absolute Gasteiger partial charge is 0.401 e. The highest BCUT2D eigenvalue weighted by atomic mass is 15.3. The maximum absolute atomic E-state index is 3.73. The molecule has 1 aromatic rings. The zero-order valence-electron chi connectivity index (χ0n) is 17.6. The summed E-state index contributed by atoms with van der Waals surface area (Å²) in [4.78, 5) is 2.55. The van der Waals surface area contributed by atoms with E-state index in [9.17, 15) is 0 Å². The molecular weight excluding hydrogens is 294 g/mol. The van der Waals surface area contributed by atoms with Crippen molar-refractivity contribution in [3.8, 4) is 0 Å². The quantitative estimate of drug-likeness (QED) is 0.816. The van der Waals surface area contributed by atoms with Crippen molar-refractivity contribution < 1.29 is 0 Å². The van der Waals surface area contributed by atoms with E-state index < -0.39 is 0 Å². The third-order valence-corrected chi connectivity index (χ3v) is 5.48. The third kappa shape index (κ3) is 3.85. The summed E-state index contributed by atoms with van der Waals surface area (Å²) in [5, 5.41) is 3.73. The fourth-order valence-corrected chi connectivity index (χ4v) is 4.41. The Morgan fingerprint density at radius 1 is 1.25 bits per heavy atom. The summed E-state index contributed by atoms with van der Waals surface area (Å²) < 4.78 is 4.96. The van der Waals surface area contributed by atoms with Gasteiger partial charge in [-0.2, -0.15) is 0 Å². The van der Waals surface area contributed by atoms with Gasteiger partial charge in [0.05, 0.1) is 11.4 Å². The predicted molar refractivity (Wildman–Crippen MR) is 111 cm³/mol. The number of aromatic nitrogens is 1. The first-order valence-electron chi connectivity index (χ1n) is 9.65. The molecule has 0 saturated heterocycles. The van der Waals surface area contributed by atoms with Crippen LogP contribution in [0.15, 0.2) is 18.3 Å². The molecule has 0 radical (unpaired) electrons. The zero-order valence-corrected chi connectivity index (χ0v) is 17.6. The van der Waals surface area contributed by atoms with Crippen molar-refractivity contribution in [1.29, 1.82) is 0 Å². The Labute approximate surface area is 151 Å². The molecule has 6 heteroatoms. The third-order valence-electron chi connectivity index (χ3n) is 5.48. The summed E-state index contributed by atoms with van der Waals surface area (Å²) in [6.07, 6.45) is 3.34. The summed E-state index contributed by atoms with van der Waals surface area (Å²) in [6, 6.07) is 5.30. The molecular formula is C18H38B2N4. The number of hydrogen-bond acceptors (Lipinski definition) is 3. The average Bonchev–Trinajstić information content (AvgIpc) is 2.97. The number of likely N-dealkylation sites (N-methyl/N-ethyl adjacent to an activating group) is 1. The first-order chi connectivity index (χ1) is 11.2. The minimum Gasteiger partial charge on any atom is -0.401 e. The Morgan fingerprint density at radius 3 is 2.33 bits per heavy atom. The Kier molecular flexibility index (Phi) is 7.48. The fraction of sp³-hybridized carbons (Fsp3) is 0.778. The molecule has 0 bridgehead atoms. The molecule has 0 aliphatic carbocycles. The van der Waals surface area contributed by atoms with Crippen molar-refractivity contribution >= 4 is 19.8 Å². The molecule has 2 rings (SSSR count). The summed E-state index contributed by atoms with van der Waals surface area (Å²) in [5.41, 5.74) is 0.0380. The van der Waals surface area contributed by atoms with Crippen molar-refractivity contribution in [3.63, 3.8) is 0 Å². The molecule has 0 fully saturated rings. The Hall–Kier alpha value is -0.870. The second-order valence-corrected chi connectivity index (χ2v) is 7.50. The molecule has 2 heterocycles. The molecule has 4 nitrogen and oxygen atoms in total. The number of nitrogens with one attached hydrogen (secondary N) is 1. The highest BCUT2D eigenvalue weighted by Crippen LogP contribution is 2.32. The molecule has 1 atom stereocenters. The van der Waals surface area contributed by atoms with Crippen LogP contribution >= 0.6 is 0 Å². The molecule has 1 N–H and O–H groups in total. The normalized spacial score (nSPS) is 22.0. The lowest BCUT2D eigenvalue weighted by Gasteiger charge is -2.45. The lowest BCUT2D eigenvalue weighted by atomic mass is 9.59. The summed E-state index contributed by atoms with van der Waals surface area (Å²) in [7, 11) is 2.27. The van der Waals surface area contributed by atoms with Gasteiger partial charge in [-0.1, -0.05) is 48.3 Å². The fourth-order valence-electron chi connectivity index (χ4n) is 4.41. The molecule has 1 aliphatic heterocycles. The van der Waals surface area contributed by atoms with Gasteiger partial charge >= 0.3 is 6.98 Å². The van der Waals surface area contributed by atoms with Crippen LogP contribution in [0, 0.1) is 0 Å². The van der Waals surface area contributed by atoms with Crippen molar-refractivity contribution in [2.24, 2.45) is 0 Å². The summed E-state index contributed by atoms with van der Waals surface area (Å²) >= 11 is 0. The van der Waals surface area contributed by atoms with Crippen LogP contribution in [-0.4, -0.2) is 47.2 Å². The second kappa shape index (κ2) is 8.48. The van der Waals surface area contributed by atoms with Crippen molar-refractivity contribution in [2.75, 3.05) is 12.3 Å². The first-order valence-corrected chi connectivity index (χ1v) is 9.65. The van der Waals surface area contributed by atoms with E-state index in [1.165, 1.54) is 5.82 Å². The second-order valence-electron chi connectivity index (χ2n) is 7.50. The van der Waals surface area contributed by atoms with Crippen LogP contribution in [0.3, 0.4) is 0 Å². The van der Waals surface area contributed by atoms with Crippen LogP contribution in [0.2, 0.25) is 13.6 Å². The molecule has 0 aromatic carbocycles. The van der Waals surface area contributed by atoms with Crippen molar-refractivity contribution in [2.45, 2.75) is 86.2 Å². The zero-order chi connectivity index (χ0) is 18.7. The van der Waals surface area contributed by atoms with E-state index in [0.717, 1.165) is 6.42 Å². The maximum atomic E-state index is 3.73. The van der Waals surface area contributed by atoms with E-state index in [0.29, 0.717) is 19.1 Å². The van der Waals surface area contributed by atoms with Crippen LogP contribution in [0.25, 0.3) is 0 Å². The number of nitrogens with zero attached hydrogens (tertiary/aromatic N) is 3. The van der Waals surface area contributed by atoms with Gasteiger partial charge in [0.1, 0.15) is 0 Å². The lowest BCUT2D eigenvalue weighted by Crippen LogP contribution is -2.63. The van der Waals surface area contributed by atoms with Crippen LogP contribution in [0.1, 0.15) is 54.9 Å². The lowest BCUT2D eigenvalue weighted by molar-refractivity contribution is 0.171. The van der Waals surface area contributed by atoms with Gasteiger partial charge in [0.25, 0.3) is 6.98 Å². The van der Waals surface area contributed by atoms with Gasteiger partial charge in [-0.3, -0.25) is 0 Å². The van der Waals surface area contributed by atoms with E-state index in [-0.39, 0.29) is 12.5 Å². The minimum atomic E-state index is 0.0380. The van der Waals surface area contributed by atoms with Gasteiger partial charge in [-0.25, -0.2) is 0 Å². The van der Waals surface area contributed by atoms with Gasteiger partial charge in [-0.15, -0.1) is 0 Å². The molecule has 0 spiro atoms. The van der Waals surface area contributed by atoms with Gasteiger partial charge in [0.15, 0.2) is 0 Å². The number of anilines is 1. The Morgan fingerprint density at radius 2 is 1.83 bits per heavy atom. The number of rotatable bonds is 2. The van der Waals surface area contributed by atoms with E-state index in [1.54, 1.807) is 0 Å². The minimum absolute atomic E-state index is 0.0380. The molecule has 24 heavy (non-hydrogen) atoms. The number of fused-ring (bicyclic) bond motifs is 1. The highest BCUT2D eigenvalue weighted by molar-refractivity contribution is 6.72. The Bertz CT molecular complexity index is 501. The topological polar surface area (TPSA) is 23.4 Å². The summed E-state index contributed by atoms with van der Waals surface area (Å²) in [6.45, 7) is 20.8. The predicted octanol–water partition coefficient (Wildman–Crippen LogP) is 4.33. The molecule has 1 aromatic heterocycles. The van der Waals surface area contributed by atoms with E-state index in [1.807, 2.05) is 13.8 Å². The Balaban J connectivity index is 0.00000139. The van der Waals surface area contributed by atoms with Crippen LogP contribution in [0.4, 0.5) is 5.82 Å². The van der Waals surface area contributed by atoms with Gasteiger partial charge in [-0.05, 0) is 45.5 Å². The van der Waals surface area contributed by atoms with Crippen LogP contribution in [-0.2, 0) is 5.54 Å². The van der Waals surface area contributed by atoms with E-state index in [4.69, 9.17) is 0 Å². The van der Waals surface area contributed by atoms with Crippen molar-refractivity contribution in [3.05, 3.63) is 18.3 Å². The standard InChI is InChI=1S/C16H32B2N4.C2H6/c1-9-14-16(4,5)21-12-10-11-15(21)19-17(6)22(13(2)3)18(7)20(14)8;1-2/h10-14,19H,9H2,1-8H3;1-2H3. The molecule has 0 saturated carbocycles. The van der Waals surface area contributed by atoms with Gasteiger partial charge in [0.2, 0.25) is 0 Å². The van der Waals surface area contributed by atoms with E-state index >= 15 is 0 Å².